The zero-order valence-electron chi connectivity index (χ0n) is 12.1. The number of halogens is 1. The summed E-state index contributed by atoms with van der Waals surface area (Å²) in [5.41, 5.74) is 1.43. The van der Waals surface area contributed by atoms with Crippen LogP contribution < -0.4 is 0 Å². The molecule has 1 N–H and O–H groups in total. The Hall–Kier alpha value is -1.70. The normalized spacial score (nSPS) is 12.3. The molecule has 0 unspecified atom stereocenters. The number of nitrogens with zero attached hydrogens (tertiary/aromatic N) is 1. The number of hydrogen-bond acceptors (Lipinski definition) is 6. The van der Waals surface area contributed by atoms with Gasteiger partial charge in [-0.25, -0.2) is 9.78 Å². The van der Waals surface area contributed by atoms with Gasteiger partial charge in [-0.15, -0.1) is 22.7 Å². The van der Waals surface area contributed by atoms with Crippen LogP contribution in [0.5, 0.6) is 0 Å². The third kappa shape index (κ3) is 3.17. The molecule has 0 aliphatic heterocycles. The van der Waals surface area contributed by atoms with Crippen molar-refractivity contribution in [3.63, 3.8) is 0 Å². The Balaban J connectivity index is 2.19. The monoisotopic (exact) mass is 409 g/mol. The largest absolute Gasteiger partial charge is 0.506 e. The molecule has 0 amide bonds. The van der Waals surface area contributed by atoms with Crippen molar-refractivity contribution in [3.8, 4) is 0 Å². The van der Waals surface area contributed by atoms with Gasteiger partial charge < -0.3 is 9.84 Å². The molecule has 23 heavy (non-hydrogen) atoms. The van der Waals surface area contributed by atoms with Gasteiger partial charge in [0.1, 0.15) is 16.3 Å². The molecule has 7 heteroatoms. The first-order valence-corrected chi connectivity index (χ1v) is 9.30. The standard InChI is InChI=1S/C16H12BrNO3S2/c1-2-21-16(20)12(13(19)9-7-8-22-14(9)17)15-18-10-5-3-4-6-11(10)23-15/h3-8,19H,2H2,1H3/b13-12+. The van der Waals surface area contributed by atoms with Gasteiger partial charge in [-0.05, 0) is 46.4 Å². The van der Waals surface area contributed by atoms with Crippen molar-refractivity contribution in [1.29, 1.82) is 0 Å². The average Bonchev–Trinajstić information content (AvgIpc) is 3.13. The fraction of sp³-hybridized carbons (Fsp3) is 0.125. The Morgan fingerprint density at radius 3 is 2.78 bits per heavy atom. The molecular formula is C16H12BrNO3S2. The van der Waals surface area contributed by atoms with Crippen LogP contribution in [0.15, 0.2) is 39.5 Å². The number of carbonyl (C=O) groups excluding carboxylic acids is 1. The zero-order chi connectivity index (χ0) is 16.4. The molecule has 4 nitrogen and oxygen atoms in total. The summed E-state index contributed by atoms with van der Waals surface area (Å²) in [7, 11) is 0. The number of benzene rings is 1. The molecule has 1 aromatic carbocycles. The summed E-state index contributed by atoms with van der Waals surface area (Å²) in [5.74, 6) is -0.710. The van der Waals surface area contributed by atoms with E-state index in [9.17, 15) is 9.90 Å². The molecule has 0 aliphatic carbocycles. The van der Waals surface area contributed by atoms with Crippen molar-refractivity contribution in [1.82, 2.24) is 4.98 Å². The van der Waals surface area contributed by atoms with Crippen molar-refractivity contribution < 1.29 is 14.6 Å². The minimum absolute atomic E-state index is 0.0900. The SMILES string of the molecule is CCOC(=O)/C(=C(/O)c1ccsc1Br)c1nc2ccccc2s1. The van der Waals surface area contributed by atoms with E-state index in [1.807, 2.05) is 29.6 Å². The highest BCUT2D eigenvalue weighted by Crippen LogP contribution is 2.36. The molecular weight excluding hydrogens is 398 g/mol. The van der Waals surface area contributed by atoms with E-state index in [1.54, 1.807) is 13.0 Å². The van der Waals surface area contributed by atoms with Gasteiger partial charge in [0.2, 0.25) is 0 Å². The highest BCUT2D eigenvalue weighted by molar-refractivity contribution is 9.11. The fourth-order valence-electron chi connectivity index (χ4n) is 2.07. The van der Waals surface area contributed by atoms with Gasteiger partial charge in [-0.3, -0.25) is 0 Å². The predicted molar refractivity (Wildman–Crippen MR) is 97.7 cm³/mol. The van der Waals surface area contributed by atoms with Gasteiger partial charge in [-0.2, -0.15) is 0 Å². The van der Waals surface area contributed by atoms with E-state index in [2.05, 4.69) is 20.9 Å². The van der Waals surface area contributed by atoms with Crippen LogP contribution in [0, 0.1) is 0 Å². The first-order chi connectivity index (χ1) is 11.1. The molecule has 3 aromatic rings. The molecule has 0 atom stereocenters. The number of para-hydroxylation sites is 1. The van der Waals surface area contributed by atoms with E-state index in [-0.39, 0.29) is 17.9 Å². The van der Waals surface area contributed by atoms with Crippen molar-refractivity contribution in [2.75, 3.05) is 6.61 Å². The van der Waals surface area contributed by atoms with Gasteiger partial charge in [0, 0.05) is 5.56 Å². The van der Waals surface area contributed by atoms with E-state index in [4.69, 9.17) is 4.74 Å². The summed E-state index contributed by atoms with van der Waals surface area (Å²) in [5, 5.41) is 12.9. The molecule has 3 rings (SSSR count). The number of aromatic nitrogens is 1. The highest BCUT2D eigenvalue weighted by Gasteiger charge is 2.25. The van der Waals surface area contributed by atoms with Gasteiger partial charge in [0.05, 0.1) is 20.6 Å². The molecule has 0 saturated heterocycles. The Bertz CT molecular complexity index is 865. The van der Waals surface area contributed by atoms with Crippen molar-refractivity contribution in [3.05, 3.63) is 50.1 Å². The van der Waals surface area contributed by atoms with Crippen molar-refractivity contribution >= 4 is 66.1 Å². The van der Waals surface area contributed by atoms with Crippen LogP contribution in [0.3, 0.4) is 0 Å². The third-order valence-corrected chi connectivity index (χ3v) is 5.84. The van der Waals surface area contributed by atoms with Gasteiger partial charge >= 0.3 is 5.97 Å². The highest BCUT2D eigenvalue weighted by atomic mass is 79.9. The molecule has 0 aliphatic rings. The lowest BCUT2D eigenvalue weighted by Gasteiger charge is -2.07. The zero-order valence-corrected chi connectivity index (χ0v) is 15.3. The maximum Gasteiger partial charge on any atom is 0.345 e. The minimum Gasteiger partial charge on any atom is -0.506 e. The topological polar surface area (TPSA) is 59.4 Å². The van der Waals surface area contributed by atoms with Crippen LogP contribution in [0.1, 0.15) is 17.5 Å². The summed E-state index contributed by atoms with van der Waals surface area (Å²) >= 11 is 6.16. The Morgan fingerprint density at radius 2 is 2.13 bits per heavy atom. The first kappa shape index (κ1) is 16.2. The van der Waals surface area contributed by atoms with Crippen LogP contribution >= 0.6 is 38.6 Å². The number of carbonyl (C=O) groups is 1. The number of hydrogen-bond donors (Lipinski definition) is 1. The molecule has 0 spiro atoms. The summed E-state index contributed by atoms with van der Waals surface area (Å²) in [6.07, 6.45) is 0. The number of thiazole rings is 1. The van der Waals surface area contributed by atoms with Crippen LogP contribution in [-0.2, 0) is 9.53 Å². The fourth-order valence-corrected chi connectivity index (χ4v) is 4.32. The van der Waals surface area contributed by atoms with Crippen LogP contribution in [-0.4, -0.2) is 22.7 Å². The molecule has 118 valence electrons. The smallest absolute Gasteiger partial charge is 0.345 e. The Morgan fingerprint density at radius 1 is 1.35 bits per heavy atom. The second kappa shape index (κ2) is 6.82. The molecule has 2 aromatic heterocycles. The summed E-state index contributed by atoms with van der Waals surface area (Å²) in [6.45, 7) is 1.96. The lowest BCUT2D eigenvalue weighted by Crippen LogP contribution is -2.09. The number of rotatable bonds is 4. The molecule has 0 fully saturated rings. The van der Waals surface area contributed by atoms with Crippen molar-refractivity contribution in [2.24, 2.45) is 0 Å². The number of esters is 1. The van der Waals surface area contributed by atoms with E-state index < -0.39 is 5.97 Å². The summed E-state index contributed by atoms with van der Waals surface area (Å²) < 4.78 is 6.81. The third-order valence-electron chi connectivity index (χ3n) is 3.10. The molecule has 0 saturated carbocycles. The number of aliphatic hydroxyl groups excluding tert-OH is 1. The summed E-state index contributed by atoms with van der Waals surface area (Å²) in [6, 6.07) is 9.34. The molecule has 0 radical (unpaired) electrons. The predicted octanol–water partition coefficient (Wildman–Crippen LogP) is 5.11. The Kier molecular flexibility index (Phi) is 4.79. The van der Waals surface area contributed by atoms with E-state index in [0.717, 1.165) is 14.0 Å². The number of ether oxygens (including phenoxy) is 1. The maximum atomic E-state index is 12.4. The van der Waals surface area contributed by atoms with Gasteiger partial charge in [-0.1, -0.05) is 12.1 Å². The van der Waals surface area contributed by atoms with Crippen LogP contribution in [0.4, 0.5) is 0 Å². The first-order valence-electron chi connectivity index (χ1n) is 6.81. The second-order valence-electron chi connectivity index (χ2n) is 4.54. The number of aliphatic hydroxyl groups is 1. The lowest BCUT2D eigenvalue weighted by molar-refractivity contribution is -0.136. The van der Waals surface area contributed by atoms with E-state index >= 15 is 0 Å². The number of thiophene rings is 1. The van der Waals surface area contributed by atoms with Crippen LogP contribution in [0.25, 0.3) is 21.5 Å². The maximum absolute atomic E-state index is 12.4. The minimum atomic E-state index is -0.581. The quantitative estimate of drug-likeness (QED) is 0.369. The second-order valence-corrected chi connectivity index (χ2v) is 7.80. The average molecular weight is 410 g/mol. The van der Waals surface area contributed by atoms with Gasteiger partial charge in [0.25, 0.3) is 0 Å². The van der Waals surface area contributed by atoms with E-state index in [1.165, 1.54) is 22.7 Å². The van der Waals surface area contributed by atoms with Crippen LogP contribution in [0.2, 0.25) is 0 Å². The Labute approximate surface area is 149 Å². The van der Waals surface area contributed by atoms with Gasteiger partial charge in [0.15, 0.2) is 0 Å². The van der Waals surface area contributed by atoms with E-state index in [0.29, 0.717) is 10.6 Å². The summed E-state index contributed by atoms with van der Waals surface area (Å²) in [4.78, 5) is 16.8. The molecule has 0 bridgehead atoms. The molecule has 2 heterocycles. The number of fused-ring (bicyclic) bond motifs is 1. The van der Waals surface area contributed by atoms with Crippen molar-refractivity contribution in [2.45, 2.75) is 6.92 Å². The lowest BCUT2D eigenvalue weighted by atomic mass is 10.1.